The molecule has 7 nitrogen and oxygen atoms in total. The van der Waals surface area contributed by atoms with Crippen LogP contribution in [0.3, 0.4) is 0 Å². The van der Waals surface area contributed by atoms with Crippen LogP contribution in [-0.2, 0) is 31.2 Å². The number of nitrogens with zero attached hydrogens (tertiary/aromatic N) is 4. The minimum atomic E-state index is -4.35. The predicted octanol–water partition coefficient (Wildman–Crippen LogP) is 3.48. The summed E-state index contributed by atoms with van der Waals surface area (Å²) >= 11 is 1.23. The molecule has 1 N–H and O–H groups in total. The monoisotopic (exact) mass is 485 g/mol. The Labute approximate surface area is 195 Å². The summed E-state index contributed by atoms with van der Waals surface area (Å²) in [6, 6.07) is 0.244. The number of halogens is 3. The quantitative estimate of drug-likeness (QED) is 0.620. The summed E-state index contributed by atoms with van der Waals surface area (Å²) in [5, 5.41) is 7.37. The number of alkyl halides is 3. The van der Waals surface area contributed by atoms with Crippen molar-refractivity contribution in [3.63, 3.8) is 0 Å². The minimum absolute atomic E-state index is 0.0532. The molecular formula is C22H30F3N5O2S. The van der Waals surface area contributed by atoms with Gasteiger partial charge in [-0.2, -0.15) is 18.3 Å². The van der Waals surface area contributed by atoms with Crippen LogP contribution in [0.1, 0.15) is 48.2 Å². The van der Waals surface area contributed by atoms with Gasteiger partial charge in [-0.25, -0.2) is 4.98 Å². The number of thiazole rings is 1. The van der Waals surface area contributed by atoms with E-state index in [1.54, 1.807) is 10.9 Å². The molecule has 1 aliphatic heterocycles. The van der Waals surface area contributed by atoms with Crippen molar-refractivity contribution in [3.05, 3.63) is 28.5 Å². The standard InChI is InChI=1S/C22H30F3N5O2S/c1-29-12-16(11-26-29)10-20(31)27-17-4-2-15(3-5-17)6-8-30-9-7-19-18(13-30)28-21(33-19)32-14-22(23,24)25/h11-12,15,17H,2-10,13-14H2,1H3,(H,27,31)/t15-,17-. The average Bonchev–Trinajstić information content (AvgIpc) is 3.36. The van der Waals surface area contributed by atoms with E-state index in [9.17, 15) is 18.0 Å². The molecule has 1 fully saturated rings. The molecule has 0 atom stereocenters. The summed E-state index contributed by atoms with van der Waals surface area (Å²) in [5.74, 6) is 0.691. The minimum Gasteiger partial charge on any atom is -0.460 e. The molecule has 3 heterocycles. The highest BCUT2D eigenvalue weighted by molar-refractivity contribution is 7.13. The third kappa shape index (κ3) is 7.17. The number of carbonyl (C=O) groups excluding carboxylic acids is 1. The lowest BCUT2D eigenvalue weighted by molar-refractivity contribution is -0.153. The first-order valence-corrected chi connectivity index (χ1v) is 12.2. The van der Waals surface area contributed by atoms with E-state index in [0.29, 0.717) is 18.9 Å². The molecule has 0 saturated heterocycles. The van der Waals surface area contributed by atoms with Gasteiger partial charge in [0.2, 0.25) is 5.91 Å². The highest BCUT2D eigenvalue weighted by Gasteiger charge is 2.30. The largest absolute Gasteiger partial charge is 0.460 e. The van der Waals surface area contributed by atoms with Gasteiger partial charge in [-0.15, -0.1) is 0 Å². The molecule has 0 radical (unpaired) electrons. The Hall–Kier alpha value is -2.14. The first kappa shape index (κ1) is 24.0. The average molecular weight is 486 g/mol. The Morgan fingerprint density at radius 2 is 2.09 bits per heavy atom. The number of aryl methyl sites for hydroxylation is 1. The van der Waals surface area contributed by atoms with Crippen molar-refractivity contribution in [3.8, 4) is 5.19 Å². The maximum absolute atomic E-state index is 12.4. The summed E-state index contributed by atoms with van der Waals surface area (Å²) in [4.78, 5) is 19.9. The van der Waals surface area contributed by atoms with E-state index in [0.717, 1.165) is 67.7 Å². The predicted molar refractivity (Wildman–Crippen MR) is 118 cm³/mol. The second-order valence-corrected chi connectivity index (χ2v) is 10.1. The number of amides is 1. The van der Waals surface area contributed by atoms with Crippen molar-refractivity contribution < 1.29 is 22.7 Å². The topological polar surface area (TPSA) is 72.3 Å². The lowest BCUT2D eigenvalue weighted by Crippen LogP contribution is -2.39. The summed E-state index contributed by atoms with van der Waals surface area (Å²) in [6.45, 7) is 1.22. The number of hydrogen-bond donors (Lipinski definition) is 1. The zero-order chi connectivity index (χ0) is 23.4. The van der Waals surface area contributed by atoms with E-state index in [-0.39, 0.29) is 17.1 Å². The second-order valence-electron chi connectivity index (χ2n) is 9.05. The molecule has 2 aromatic rings. The molecule has 0 bridgehead atoms. The third-order valence-corrected chi connectivity index (χ3v) is 7.40. The molecule has 2 aliphatic rings. The van der Waals surface area contributed by atoms with Gasteiger partial charge in [0, 0.05) is 37.3 Å². The van der Waals surface area contributed by atoms with Gasteiger partial charge in [-0.1, -0.05) is 11.3 Å². The lowest BCUT2D eigenvalue weighted by Gasteiger charge is -2.32. The molecule has 33 heavy (non-hydrogen) atoms. The van der Waals surface area contributed by atoms with Crippen molar-refractivity contribution in [2.75, 3.05) is 19.7 Å². The normalized spacial score (nSPS) is 21.6. The van der Waals surface area contributed by atoms with Gasteiger partial charge < -0.3 is 10.1 Å². The van der Waals surface area contributed by atoms with E-state index in [1.165, 1.54) is 11.3 Å². The molecule has 0 spiro atoms. The molecular weight excluding hydrogens is 455 g/mol. The first-order chi connectivity index (χ1) is 15.7. The number of nitrogens with one attached hydrogen (secondary N) is 1. The third-order valence-electron chi connectivity index (χ3n) is 6.33. The number of rotatable bonds is 8. The molecule has 0 aromatic carbocycles. The molecule has 1 saturated carbocycles. The van der Waals surface area contributed by atoms with Crippen LogP contribution in [0.4, 0.5) is 13.2 Å². The molecule has 4 rings (SSSR count). The SMILES string of the molecule is Cn1cc(CC(=O)N[C@H]2CC[C@H](CCN3CCc4sc(OCC(F)(F)F)nc4C3)CC2)cn1. The van der Waals surface area contributed by atoms with Crippen LogP contribution in [0, 0.1) is 5.92 Å². The van der Waals surface area contributed by atoms with Crippen molar-refractivity contribution in [2.45, 2.75) is 63.7 Å². The maximum atomic E-state index is 12.4. The summed E-state index contributed by atoms with van der Waals surface area (Å²) < 4.78 is 43.6. The Balaban J connectivity index is 1.15. The molecule has 1 amide bonds. The van der Waals surface area contributed by atoms with Crippen LogP contribution in [0.15, 0.2) is 12.4 Å². The van der Waals surface area contributed by atoms with E-state index in [1.807, 2.05) is 13.2 Å². The Kier molecular flexibility index (Phi) is 7.58. The smallest absolute Gasteiger partial charge is 0.422 e. The fourth-order valence-corrected chi connectivity index (χ4v) is 5.52. The van der Waals surface area contributed by atoms with Gasteiger partial charge in [0.05, 0.1) is 18.3 Å². The molecule has 2 aromatic heterocycles. The second kappa shape index (κ2) is 10.4. The highest BCUT2D eigenvalue weighted by Crippen LogP contribution is 2.32. The van der Waals surface area contributed by atoms with Crippen molar-refractivity contribution in [1.82, 2.24) is 25.0 Å². The molecule has 1 aliphatic carbocycles. The summed E-state index contributed by atoms with van der Waals surface area (Å²) in [7, 11) is 1.84. The van der Waals surface area contributed by atoms with Crippen LogP contribution >= 0.6 is 11.3 Å². The molecule has 11 heteroatoms. The van der Waals surface area contributed by atoms with Crippen LogP contribution < -0.4 is 10.1 Å². The first-order valence-electron chi connectivity index (χ1n) is 11.4. The van der Waals surface area contributed by atoms with Gasteiger partial charge in [0.15, 0.2) is 6.61 Å². The van der Waals surface area contributed by atoms with Crippen molar-refractivity contribution >= 4 is 17.2 Å². The summed E-state index contributed by atoms with van der Waals surface area (Å²) in [6.07, 6.45) is 5.70. The van der Waals surface area contributed by atoms with Crippen molar-refractivity contribution in [2.24, 2.45) is 13.0 Å². The number of fused-ring (bicyclic) bond motifs is 1. The van der Waals surface area contributed by atoms with Crippen LogP contribution in [0.5, 0.6) is 5.19 Å². The van der Waals surface area contributed by atoms with E-state index in [2.05, 4.69) is 20.3 Å². The van der Waals surface area contributed by atoms with Gasteiger partial charge in [-0.3, -0.25) is 14.4 Å². The van der Waals surface area contributed by atoms with E-state index in [4.69, 9.17) is 4.74 Å². The Morgan fingerprint density at radius 3 is 2.79 bits per heavy atom. The van der Waals surface area contributed by atoms with Crippen LogP contribution in [-0.4, -0.2) is 57.5 Å². The fourth-order valence-electron chi connectivity index (χ4n) is 4.61. The van der Waals surface area contributed by atoms with Crippen LogP contribution in [0.2, 0.25) is 0 Å². The van der Waals surface area contributed by atoms with Gasteiger partial charge >= 0.3 is 6.18 Å². The molecule has 0 unspecified atom stereocenters. The zero-order valence-electron chi connectivity index (χ0n) is 18.7. The van der Waals surface area contributed by atoms with Gasteiger partial charge in [0.1, 0.15) is 0 Å². The van der Waals surface area contributed by atoms with Crippen molar-refractivity contribution in [1.29, 1.82) is 0 Å². The zero-order valence-corrected chi connectivity index (χ0v) is 19.6. The number of carbonyl (C=O) groups is 1. The van der Waals surface area contributed by atoms with E-state index < -0.39 is 12.8 Å². The lowest BCUT2D eigenvalue weighted by atomic mass is 9.84. The number of aromatic nitrogens is 3. The highest BCUT2D eigenvalue weighted by atomic mass is 32.1. The van der Waals surface area contributed by atoms with Gasteiger partial charge in [0.25, 0.3) is 5.19 Å². The van der Waals surface area contributed by atoms with E-state index >= 15 is 0 Å². The Bertz CT molecular complexity index is 937. The molecule has 182 valence electrons. The van der Waals surface area contributed by atoms with Gasteiger partial charge in [-0.05, 0) is 56.6 Å². The fraction of sp³-hybridized carbons (Fsp3) is 0.682. The summed E-state index contributed by atoms with van der Waals surface area (Å²) in [5.41, 5.74) is 1.77. The number of ether oxygens (including phenoxy) is 1. The maximum Gasteiger partial charge on any atom is 0.422 e. The Morgan fingerprint density at radius 1 is 1.30 bits per heavy atom. The van der Waals surface area contributed by atoms with Crippen LogP contribution in [0.25, 0.3) is 0 Å². The number of hydrogen-bond acceptors (Lipinski definition) is 6.